The van der Waals surface area contributed by atoms with E-state index in [0.29, 0.717) is 5.69 Å². The number of ether oxygens (including phenoxy) is 1. The van der Waals surface area contributed by atoms with Crippen molar-refractivity contribution in [1.82, 2.24) is 20.3 Å². The van der Waals surface area contributed by atoms with Gasteiger partial charge in [-0.05, 0) is 0 Å². The van der Waals surface area contributed by atoms with E-state index in [1.165, 1.54) is 19.6 Å². The van der Waals surface area contributed by atoms with Crippen molar-refractivity contribution in [3.63, 3.8) is 0 Å². The van der Waals surface area contributed by atoms with Crippen molar-refractivity contribution in [2.45, 2.75) is 12.5 Å². The summed E-state index contributed by atoms with van der Waals surface area (Å²) in [6.07, 6.45) is 2.99. The Morgan fingerprint density at radius 1 is 1.36 bits per heavy atom. The number of carbonyl (C=O) groups is 2. The van der Waals surface area contributed by atoms with Gasteiger partial charge in [0.15, 0.2) is 0 Å². The Balaban J connectivity index is 2.15. The molecule has 0 saturated carbocycles. The number of aromatic amines is 1. The van der Waals surface area contributed by atoms with Crippen molar-refractivity contribution < 1.29 is 23.1 Å². The molecule has 0 aliphatic heterocycles. The van der Waals surface area contributed by atoms with Crippen molar-refractivity contribution in [1.29, 1.82) is 0 Å². The topological polar surface area (TPSA) is 97.0 Å². The Bertz CT molecular complexity index is 656. The lowest BCUT2D eigenvalue weighted by Crippen LogP contribution is -2.43. The van der Waals surface area contributed by atoms with Gasteiger partial charge in [-0.2, -0.15) is 13.8 Å². The zero-order chi connectivity index (χ0) is 16.1. The van der Waals surface area contributed by atoms with Crippen LogP contribution in [-0.4, -0.2) is 40.0 Å². The van der Waals surface area contributed by atoms with E-state index in [1.54, 1.807) is 0 Å². The molecular formula is C13H12F2N4O3. The molecule has 9 heteroatoms. The van der Waals surface area contributed by atoms with Gasteiger partial charge in [0.25, 0.3) is 5.91 Å². The maximum atomic E-state index is 13.0. The number of methoxy groups -OCH3 is 1. The highest BCUT2D eigenvalue weighted by Gasteiger charge is 2.23. The minimum Gasteiger partial charge on any atom is -0.467 e. The molecule has 1 atom stereocenters. The molecule has 0 aliphatic carbocycles. The zero-order valence-electron chi connectivity index (χ0n) is 11.5. The number of H-pyrrole nitrogens is 1. The van der Waals surface area contributed by atoms with Gasteiger partial charge in [-0.15, -0.1) is 0 Å². The summed E-state index contributed by atoms with van der Waals surface area (Å²) in [4.78, 5) is 33.2. The second-order valence-electron chi connectivity index (χ2n) is 4.33. The van der Waals surface area contributed by atoms with Crippen LogP contribution in [0, 0.1) is 11.9 Å². The summed E-state index contributed by atoms with van der Waals surface area (Å²) in [6, 6.07) is 0.503. The molecular weight excluding hydrogens is 298 g/mol. The maximum absolute atomic E-state index is 13.0. The Hall–Kier alpha value is -2.84. The smallest absolute Gasteiger partial charge is 0.328 e. The number of aromatic nitrogens is 3. The highest BCUT2D eigenvalue weighted by molar-refractivity contribution is 5.96. The Kier molecular flexibility index (Phi) is 4.77. The molecule has 0 radical (unpaired) electrons. The third-order valence-corrected chi connectivity index (χ3v) is 2.79. The first kappa shape index (κ1) is 15.5. The van der Waals surface area contributed by atoms with Crippen LogP contribution in [0.15, 0.2) is 24.7 Å². The van der Waals surface area contributed by atoms with E-state index in [-0.39, 0.29) is 12.0 Å². The van der Waals surface area contributed by atoms with E-state index in [0.717, 1.165) is 12.1 Å². The minimum absolute atomic E-state index is 0.0917. The van der Waals surface area contributed by atoms with Crippen LogP contribution in [0.3, 0.4) is 0 Å². The van der Waals surface area contributed by atoms with Gasteiger partial charge in [-0.25, -0.2) is 9.78 Å². The Morgan fingerprint density at radius 2 is 2.05 bits per heavy atom. The summed E-state index contributed by atoms with van der Waals surface area (Å²) >= 11 is 0. The van der Waals surface area contributed by atoms with Crippen LogP contribution in [0.25, 0.3) is 0 Å². The number of pyridine rings is 1. The van der Waals surface area contributed by atoms with E-state index in [2.05, 4.69) is 25.0 Å². The van der Waals surface area contributed by atoms with Crippen LogP contribution in [0.5, 0.6) is 0 Å². The van der Waals surface area contributed by atoms with Crippen molar-refractivity contribution in [2.24, 2.45) is 0 Å². The standard InChI is InChI=1S/C13H12F2N4O3/c1-22-13(21)9(4-8-5-16-6-17-8)18-12(20)7-2-10(14)19-11(15)3-7/h2-3,5-6,9H,4H2,1H3,(H,16,17)(H,18,20)/t9-/m1/s1. The molecule has 116 valence electrons. The number of rotatable bonds is 5. The van der Waals surface area contributed by atoms with Gasteiger partial charge in [0.1, 0.15) is 6.04 Å². The van der Waals surface area contributed by atoms with Crippen molar-refractivity contribution >= 4 is 11.9 Å². The third kappa shape index (κ3) is 3.84. The first-order valence-electron chi connectivity index (χ1n) is 6.18. The molecule has 1 amide bonds. The molecule has 2 aromatic rings. The first-order chi connectivity index (χ1) is 10.5. The molecule has 2 heterocycles. The average Bonchev–Trinajstić information content (AvgIpc) is 2.97. The fourth-order valence-electron chi connectivity index (χ4n) is 1.79. The van der Waals surface area contributed by atoms with Crippen LogP contribution in [-0.2, 0) is 16.0 Å². The summed E-state index contributed by atoms with van der Waals surface area (Å²) < 4.78 is 30.6. The molecule has 2 aromatic heterocycles. The van der Waals surface area contributed by atoms with Crippen molar-refractivity contribution in [3.05, 3.63) is 47.8 Å². The first-order valence-corrected chi connectivity index (χ1v) is 6.18. The molecule has 2 rings (SSSR count). The summed E-state index contributed by atoms with van der Waals surface area (Å²) in [6.45, 7) is 0. The number of amides is 1. The number of nitrogens with one attached hydrogen (secondary N) is 2. The maximum Gasteiger partial charge on any atom is 0.328 e. The number of nitrogens with zero attached hydrogens (tertiary/aromatic N) is 2. The lowest BCUT2D eigenvalue weighted by atomic mass is 10.1. The van der Waals surface area contributed by atoms with Crippen LogP contribution >= 0.6 is 0 Å². The number of esters is 1. The molecule has 0 bridgehead atoms. The third-order valence-electron chi connectivity index (χ3n) is 2.79. The number of hydrogen-bond acceptors (Lipinski definition) is 5. The normalized spacial score (nSPS) is 11.8. The fraction of sp³-hybridized carbons (Fsp3) is 0.231. The van der Waals surface area contributed by atoms with E-state index in [4.69, 9.17) is 0 Å². The molecule has 2 N–H and O–H groups in total. The molecule has 0 aromatic carbocycles. The minimum atomic E-state index is -1.13. The van der Waals surface area contributed by atoms with Crippen LogP contribution in [0.2, 0.25) is 0 Å². The molecule has 0 fully saturated rings. The monoisotopic (exact) mass is 310 g/mol. The molecule has 7 nitrogen and oxygen atoms in total. The SMILES string of the molecule is COC(=O)[C@@H](Cc1cnc[nH]1)NC(=O)c1cc(F)nc(F)c1. The van der Waals surface area contributed by atoms with Gasteiger partial charge in [-0.1, -0.05) is 0 Å². The highest BCUT2D eigenvalue weighted by atomic mass is 19.1. The predicted octanol–water partition coefficient (Wildman–Crippen LogP) is 0.597. The Morgan fingerprint density at radius 3 is 2.59 bits per heavy atom. The number of imidazole rings is 1. The number of halogens is 2. The Labute approximate surface area is 123 Å². The average molecular weight is 310 g/mol. The zero-order valence-corrected chi connectivity index (χ0v) is 11.5. The van der Waals surface area contributed by atoms with Gasteiger partial charge in [0, 0.05) is 36.0 Å². The summed E-state index contributed by atoms with van der Waals surface area (Å²) in [5.41, 5.74) is 0.298. The lowest BCUT2D eigenvalue weighted by molar-refractivity contribution is -0.142. The molecule has 22 heavy (non-hydrogen) atoms. The summed E-state index contributed by atoms with van der Waals surface area (Å²) in [5, 5.41) is 2.35. The van der Waals surface area contributed by atoms with E-state index in [9.17, 15) is 18.4 Å². The lowest BCUT2D eigenvalue weighted by Gasteiger charge is -2.15. The van der Waals surface area contributed by atoms with Crippen LogP contribution in [0.1, 0.15) is 16.1 Å². The quantitative estimate of drug-likeness (QED) is 0.622. The molecule has 0 unspecified atom stereocenters. The summed E-state index contributed by atoms with van der Waals surface area (Å²) in [7, 11) is 1.17. The largest absolute Gasteiger partial charge is 0.467 e. The van der Waals surface area contributed by atoms with Crippen molar-refractivity contribution in [3.8, 4) is 0 Å². The number of hydrogen-bond donors (Lipinski definition) is 2. The molecule has 0 saturated heterocycles. The van der Waals surface area contributed by atoms with E-state index < -0.39 is 29.8 Å². The van der Waals surface area contributed by atoms with Gasteiger partial charge < -0.3 is 15.0 Å². The van der Waals surface area contributed by atoms with Gasteiger partial charge >= 0.3 is 5.97 Å². The van der Waals surface area contributed by atoms with Crippen molar-refractivity contribution in [2.75, 3.05) is 7.11 Å². The van der Waals surface area contributed by atoms with Crippen LogP contribution < -0.4 is 5.32 Å². The van der Waals surface area contributed by atoms with Crippen LogP contribution in [0.4, 0.5) is 8.78 Å². The van der Waals surface area contributed by atoms with E-state index >= 15 is 0 Å². The van der Waals surface area contributed by atoms with Gasteiger partial charge in [0.05, 0.1) is 13.4 Å². The van der Waals surface area contributed by atoms with Gasteiger partial charge in [0.2, 0.25) is 11.9 Å². The molecule has 0 aliphatic rings. The van der Waals surface area contributed by atoms with Gasteiger partial charge in [-0.3, -0.25) is 4.79 Å². The highest BCUT2D eigenvalue weighted by Crippen LogP contribution is 2.06. The second kappa shape index (κ2) is 6.74. The predicted molar refractivity (Wildman–Crippen MR) is 69.7 cm³/mol. The molecule has 0 spiro atoms. The summed E-state index contributed by atoms with van der Waals surface area (Å²) in [5.74, 6) is -3.78. The second-order valence-corrected chi connectivity index (χ2v) is 4.33. The number of carbonyl (C=O) groups excluding carboxylic acids is 2. The van der Waals surface area contributed by atoms with E-state index in [1.807, 2.05) is 0 Å². The fourth-order valence-corrected chi connectivity index (χ4v) is 1.79.